The second-order valence-electron chi connectivity index (χ2n) is 5.43. The molecule has 0 radical (unpaired) electrons. The second-order valence-corrected chi connectivity index (χ2v) is 8.08. The molecule has 0 spiro atoms. The number of nitrogens with one attached hydrogen (secondary N) is 2. The molecule has 0 atom stereocenters. The normalized spacial score (nSPS) is 12.8. The van der Waals surface area contributed by atoms with Crippen LogP contribution in [0.3, 0.4) is 0 Å². The van der Waals surface area contributed by atoms with Gasteiger partial charge in [0, 0.05) is 12.8 Å². The van der Waals surface area contributed by atoms with E-state index in [-0.39, 0.29) is 19.4 Å². The zero-order valence-electron chi connectivity index (χ0n) is 12.6. The van der Waals surface area contributed by atoms with Crippen LogP contribution in [0.1, 0.15) is 40.5 Å². The molecule has 0 unspecified atom stereocenters. The van der Waals surface area contributed by atoms with Crippen molar-refractivity contribution in [2.75, 3.05) is 12.8 Å². The first-order valence-corrected chi connectivity index (χ1v) is 8.30. The second kappa shape index (κ2) is 6.43. The number of carbonyl (C=O) groups excluding carboxylic acids is 1. The summed E-state index contributed by atoms with van der Waals surface area (Å²) < 4.78 is 21.9. The Labute approximate surface area is 120 Å². The number of rotatable bonds is 7. The first-order valence-electron chi connectivity index (χ1n) is 6.41. The molecule has 0 fully saturated rings. The molecule has 20 heavy (non-hydrogen) atoms. The smallest absolute Gasteiger partial charge is 0.329 e. The van der Waals surface area contributed by atoms with Gasteiger partial charge in [0.2, 0.25) is 0 Å². The zero-order valence-corrected chi connectivity index (χ0v) is 13.4. The van der Waals surface area contributed by atoms with E-state index < -0.39 is 32.1 Å². The van der Waals surface area contributed by atoms with Crippen LogP contribution in [0, 0.1) is 0 Å². The number of sulfone groups is 1. The number of hydrogen-bond acceptors (Lipinski definition) is 4. The first-order chi connectivity index (χ1) is 8.92. The highest BCUT2D eigenvalue weighted by molar-refractivity contribution is 7.92. The lowest BCUT2D eigenvalue weighted by molar-refractivity contribution is -0.144. The van der Waals surface area contributed by atoms with Crippen LogP contribution in [0.5, 0.6) is 0 Å². The summed E-state index contributed by atoms with van der Waals surface area (Å²) in [6.45, 7) is 6.22. The predicted molar refractivity (Wildman–Crippen MR) is 76.4 cm³/mol. The largest absolute Gasteiger partial charge is 0.480 e. The summed E-state index contributed by atoms with van der Waals surface area (Å²) in [4.78, 5) is 23.0. The van der Waals surface area contributed by atoms with E-state index in [1.165, 1.54) is 13.8 Å². The molecule has 0 aromatic heterocycles. The highest BCUT2D eigenvalue weighted by Gasteiger charge is 2.37. The van der Waals surface area contributed by atoms with Crippen LogP contribution >= 0.6 is 0 Å². The quantitative estimate of drug-likeness (QED) is 0.642. The Morgan fingerprint density at radius 1 is 1.15 bits per heavy atom. The van der Waals surface area contributed by atoms with Gasteiger partial charge < -0.3 is 15.7 Å². The molecule has 0 aromatic rings. The average Bonchev–Trinajstić information content (AvgIpc) is 2.32. The lowest BCUT2D eigenvalue weighted by Crippen LogP contribution is -2.58. The number of urea groups is 1. The van der Waals surface area contributed by atoms with Gasteiger partial charge in [0.1, 0.15) is 5.54 Å². The molecule has 118 valence electrons. The van der Waals surface area contributed by atoms with E-state index in [4.69, 9.17) is 0 Å². The fourth-order valence-corrected chi connectivity index (χ4v) is 1.80. The first kappa shape index (κ1) is 18.7. The average molecular weight is 308 g/mol. The maximum atomic E-state index is 11.8. The van der Waals surface area contributed by atoms with Crippen molar-refractivity contribution in [3.05, 3.63) is 0 Å². The molecular formula is C12H24N2O5S. The maximum Gasteiger partial charge on any atom is 0.329 e. The standard InChI is InChI=1S/C12H24N2O5S/c1-6-12(7-2,9(15)16)14-10(17)13-8-11(3,4)20(5,18)19/h6-8H2,1-5H3,(H,15,16)(H2,13,14,17). The lowest BCUT2D eigenvalue weighted by Gasteiger charge is -2.29. The van der Waals surface area contributed by atoms with Gasteiger partial charge in [-0.2, -0.15) is 0 Å². The SMILES string of the molecule is CCC(CC)(NC(=O)NCC(C)(C)S(C)(=O)=O)C(=O)O. The van der Waals surface area contributed by atoms with Crippen molar-refractivity contribution in [3.8, 4) is 0 Å². The van der Waals surface area contributed by atoms with E-state index in [1.807, 2.05) is 0 Å². The molecule has 0 saturated heterocycles. The van der Waals surface area contributed by atoms with E-state index in [0.717, 1.165) is 6.26 Å². The monoisotopic (exact) mass is 308 g/mol. The number of hydrogen-bond donors (Lipinski definition) is 3. The maximum absolute atomic E-state index is 11.8. The minimum absolute atomic E-state index is 0.0964. The fourth-order valence-electron chi connectivity index (χ4n) is 1.47. The summed E-state index contributed by atoms with van der Waals surface area (Å²) in [6.07, 6.45) is 1.57. The Bertz CT molecular complexity index is 466. The number of carboxylic acids is 1. The highest BCUT2D eigenvalue weighted by Crippen LogP contribution is 2.16. The van der Waals surface area contributed by atoms with Gasteiger partial charge in [-0.1, -0.05) is 13.8 Å². The van der Waals surface area contributed by atoms with Gasteiger partial charge in [-0.15, -0.1) is 0 Å². The Morgan fingerprint density at radius 2 is 1.60 bits per heavy atom. The van der Waals surface area contributed by atoms with Gasteiger partial charge in [0.15, 0.2) is 9.84 Å². The molecule has 2 amide bonds. The van der Waals surface area contributed by atoms with Crippen molar-refractivity contribution in [2.24, 2.45) is 0 Å². The molecule has 0 aliphatic heterocycles. The number of amides is 2. The van der Waals surface area contributed by atoms with E-state index in [2.05, 4.69) is 10.6 Å². The molecule has 0 bridgehead atoms. The molecule has 0 rings (SSSR count). The lowest BCUT2D eigenvalue weighted by atomic mass is 9.93. The van der Waals surface area contributed by atoms with Crippen molar-refractivity contribution in [1.29, 1.82) is 0 Å². The van der Waals surface area contributed by atoms with Crippen molar-refractivity contribution in [3.63, 3.8) is 0 Å². The van der Waals surface area contributed by atoms with Gasteiger partial charge in [0.05, 0.1) is 4.75 Å². The molecule has 8 heteroatoms. The third kappa shape index (κ3) is 4.36. The Hall–Kier alpha value is -1.31. The van der Waals surface area contributed by atoms with Crippen LogP contribution in [-0.4, -0.2) is 48.6 Å². The zero-order chi connectivity index (χ0) is 16.2. The minimum Gasteiger partial charge on any atom is -0.480 e. The van der Waals surface area contributed by atoms with Crippen LogP contribution in [0.2, 0.25) is 0 Å². The molecule has 0 saturated carbocycles. The molecule has 3 N–H and O–H groups in total. The van der Waals surface area contributed by atoms with Crippen molar-refractivity contribution in [2.45, 2.75) is 50.8 Å². The van der Waals surface area contributed by atoms with Crippen molar-refractivity contribution in [1.82, 2.24) is 10.6 Å². The van der Waals surface area contributed by atoms with E-state index in [1.54, 1.807) is 13.8 Å². The molecule has 0 heterocycles. The van der Waals surface area contributed by atoms with Crippen LogP contribution in [-0.2, 0) is 14.6 Å². The highest BCUT2D eigenvalue weighted by atomic mass is 32.2. The van der Waals surface area contributed by atoms with Crippen LogP contribution in [0.15, 0.2) is 0 Å². The fraction of sp³-hybridized carbons (Fsp3) is 0.833. The van der Waals surface area contributed by atoms with Gasteiger partial charge in [-0.3, -0.25) is 0 Å². The van der Waals surface area contributed by atoms with Crippen molar-refractivity contribution < 1.29 is 23.1 Å². The van der Waals surface area contributed by atoms with E-state index >= 15 is 0 Å². The Kier molecular flexibility index (Phi) is 6.01. The summed E-state index contributed by atoms with van der Waals surface area (Å²) >= 11 is 0. The number of carbonyl (C=O) groups is 2. The summed E-state index contributed by atoms with van der Waals surface area (Å²) in [5, 5.41) is 14.0. The Balaban J connectivity index is 4.78. The third-order valence-electron chi connectivity index (χ3n) is 3.65. The molecule has 0 aromatic carbocycles. The molecule has 0 aliphatic carbocycles. The van der Waals surface area contributed by atoms with Crippen LogP contribution < -0.4 is 10.6 Å². The summed E-state index contributed by atoms with van der Waals surface area (Å²) in [6, 6.07) is -0.687. The van der Waals surface area contributed by atoms with Gasteiger partial charge >= 0.3 is 12.0 Å². The van der Waals surface area contributed by atoms with Gasteiger partial charge in [0.25, 0.3) is 0 Å². The van der Waals surface area contributed by atoms with E-state index in [9.17, 15) is 23.1 Å². The van der Waals surface area contributed by atoms with Gasteiger partial charge in [-0.25, -0.2) is 18.0 Å². The van der Waals surface area contributed by atoms with Gasteiger partial charge in [-0.05, 0) is 26.7 Å². The van der Waals surface area contributed by atoms with Crippen LogP contribution in [0.25, 0.3) is 0 Å². The summed E-state index contributed by atoms with van der Waals surface area (Å²) in [5.74, 6) is -1.11. The number of carboxylic acid groups (broad SMARTS) is 1. The minimum atomic E-state index is -3.33. The third-order valence-corrected chi connectivity index (χ3v) is 5.80. The number of aliphatic carboxylic acids is 1. The summed E-state index contributed by atoms with van der Waals surface area (Å²) in [5.41, 5.74) is -1.33. The topological polar surface area (TPSA) is 113 Å². The molecular weight excluding hydrogens is 284 g/mol. The van der Waals surface area contributed by atoms with Crippen molar-refractivity contribution >= 4 is 21.8 Å². The predicted octanol–water partition coefficient (Wildman–Crippen LogP) is 0.752. The molecule has 0 aliphatic rings. The summed E-state index contributed by atoms with van der Waals surface area (Å²) in [7, 11) is -3.33. The molecule has 7 nitrogen and oxygen atoms in total. The van der Waals surface area contributed by atoms with Crippen LogP contribution in [0.4, 0.5) is 4.79 Å². The van der Waals surface area contributed by atoms with E-state index in [0.29, 0.717) is 0 Å². The Morgan fingerprint density at radius 3 is 1.90 bits per heavy atom.